The molecule has 0 saturated heterocycles. The lowest BCUT2D eigenvalue weighted by atomic mass is 9.93. The fourth-order valence-electron chi connectivity index (χ4n) is 2.87. The molecule has 0 spiro atoms. The van der Waals surface area contributed by atoms with Gasteiger partial charge in [0.1, 0.15) is 11.8 Å². The van der Waals surface area contributed by atoms with Crippen LogP contribution < -0.4 is 10.1 Å². The van der Waals surface area contributed by atoms with Crippen LogP contribution in [0.5, 0.6) is 5.75 Å². The molecule has 1 aliphatic carbocycles. The Labute approximate surface area is 161 Å². The Morgan fingerprint density at radius 2 is 1.92 bits per heavy atom. The first-order valence-electron chi connectivity index (χ1n) is 8.21. The van der Waals surface area contributed by atoms with Crippen molar-refractivity contribution in [1.82, 2.24) is 15.5 Å². The second-order valence-corrected chi connectivity index (χ2v) is 6.85. The molecule has 0 aliphatic heterocycles. The summed E-state index contributed by atoms with van der Waals surface area (Å²) in [5.74, 6) is 0.398. The molecule has 6 nitrogen and oxygen atoms in total. The second-order valence-electron chi connectivity index (χ2n) is 6.06. The molecule has 1 saturated carbocycles. The average Bonchev–Trinajstić information content (AvgIpc) is 2.64. The van der Waals surface area contributed by atoms with Gasteiger partial charge in [-0.2, -0.15) is 5.26 Å². The number of aromatic nitrogens is 2. The smallest absolute Gasteiger partial charge is 0.272 e. The zero-order valence-electron chi connectivity index (χ0n) is 13.8. The largest absolute Gasteiger partial charge is 0.490 e. The molecule has 26 heavy (non-hydrogen) atoms. The number of ether oxygens (including phenoxy) is 1. The number of hydrogen-bond donors (Lipinski definition) is 1. The van der Waals surface area contributed by atoms with E-state index in [0.29, 0.717) is 16.3 Å². The molecule has 2 aromatic rings. The molecule has 1 amide bonds. The van der Waals surface area contributed by atoms with Crippen LogP contribution in [-0.4, -0.2) is 28.3 Å². The van der Waals surface area contributed by atoms with Gasteiger partial charge < -0.3 is 10.1 Å². The van der Waals surface area contributed by atoms with Gasteiger partial charge in [0.2, 0.25) is 0 Å². The maximum Gasteiger partial charge on any atom is 0.272 e. The highest BCUT2D eigenvalue weighted by atomic mass is 35.5. The van der Waals surface area contributed by atoms with E-state index in [1.165, 1.54) is 6.07 Å². The Morgan fingerprint density at radius 3 is 2.54 bits per heavy atom. The number of amides is 1. The average molecular weight is 391 g/mol. The van der Waals surface area contributed by atoms with Crippen molar-refractivity contribution in [2.45, 2.75) is 37.8 Å². The molecule has 1 aromatic carbocycles. The number of carbonyl (C=O) groups excluding carboxylic acids is 1. The summed E-state index contributed by atoms with van der Waals surface area (Å²) in [5.41, 5.74) is 0.677. The van der Waals surface area contributed by atoms with Crippen LogP contribution in [0.25, 0.3) is 0 Å². The molecular weight excluding hydrogens is 375 g/mol. The van der Waals surface area contributed by atoms with Crippen molar-refractivity contribution in [1.29, 1.82) is 5.26 Å². The Hall–Kier alpha value is -2.36. The van der Waals surface area contributed by atoms with Gasteiger partial charge in [0.25, 0.3) is 5.91 Å². The Kier molecular flexibility index (Phi) is 5.92. The van der Waals surface area contributed by atoms with Gasteiger partial charge in [-0.1, -0.05) is 23.2 Å². The van der Waals surface area contributed by atoms with Crippen LogP contribution in [0.15, 0.2) is 30.3 Å². The molecule has 1 heterocycles. The molecule has 1 N–H and O–H groups in total. The van der Waals surface area contributed by atoms with E-state index < -0.39 is 0 Å². The van der Waals surface area contributed by atoms with Crippen LogP contribution in [0, 0.1) is 11.3 Å². The lowest BCUT2D eigenvalue weighted by Gasteiger charge is -2.29. The molecule has 0 atom stereocenters. The zero-order valence-corrected chi connectivity index (χ0v) is 15.3. The number of rotatable bonds is 4. The summed E-state index contributed by atoms with van der Waals surface area (Å²) in [5, 5.41) is 20.0. The van der Waals surface area contributed by atoms with Crippen LogP contribution in [0.2, 0.25) is 10.2 Å². The van der Waals surface area contributed by atoms with Gasteiger partial charge in [-0.3, -0.25) is 4.79 Å². The Bertz CT molecular complexity index is 828. The third-order valence-electron chi connectivity index (χ3n) is 4.24. The van der Waals surface area contributed by atoms with Crippen molar-refractivity contribution in [3.8, 4) is 11.8 Å². The molecule has 8 heteroatoms. The number of benzene rings is 1. The summed E-state index contributed by atoms with van der Waals surface area (Å²) in [6.07, 6.45) is 3.30. The van der Waals surface area contributed by atoms with E-state index in [4.69, 9.17) is 33.2 Å². The van der Waals surface area contributed by atoms with Crippen molar-refractivity contribution in [3.05, 3.63) is 51.8 Å². The van der Waals surface area contributed by atoms with E-state index in [1.807, 2.05) is 6.07 Å². The molecule has 1 aromatic heterocycles. The van der Waals surface area contributed by atoms with Crippen molar-refractivity contribution in [3.63, 3.8) is 0 Å². The summed E-state index contributed by atoms with van der Waals surface area (Å²) in [4.78, 5) is 12.2. The van der Waals surface area contributed by atoms with Gasteiger partial charge in [0.05, 0.1) is 16.7 Å². The van der Waals surface area contributed by atoms with Crippen molar-refractivity contribution in [2.24, 2.45) is 0 Å². The highest BCUT2D eigenvalue weighted by molar-refractivity contribution is 6.31. The summed E-state index contributed by atoms with van der Waals surface area (Å²) < 4.78 is 5.94. The first-order valence-corrected chi connectivity index (χ1v) is 8.97. The summed E-state index contributed by atoms with van der Waals surface area (Å²) in [6.45, 7) is 0. The molecule has 134 valence electrons. The van der Waals surface area contributed by atoms with E-state index in [-0.39, 0.29) is 28.9 Å². The van der Waals surface area contributed by atoms with Crippen molar-refractivity contribution < 1.29 is 9.53 Å². The molecule has 1 fully saturated rings. The molecule has 0 unspecified atom stereocenters. The van der Waals surface area contributed by atoms with Gasteiger partial charge >= 0.3 is 0 Å². The SMILES string of the molecule is N#Cc1ccc(O[C@H]2CC[C@H](NC(=O)c3ccc(Cl)nn3)CC2)cc1Cl. The molecule has 1 aliphatic rings. The van der Waals surface area contributed by atoms with Crippen LogP contribution in [0.3, 0.4) is 0 Å². The van der Waals surface area contributed by atoms with E-state index in [9.17, 15) is 4.79 Å². The van der Waals surface area contributed by atoms with Crippen LogP contribution >= 0.6 is 23.2 Å². The minimum absolute atomic E-state index is 0.0578. The van der Waals surface area contributed by atoms with E-state index in [2.05, 4.69) is 15.5 Å². The van der Waals surface area contributed by atoms with Crippen LogP contribution in [-0.2, 0) is 0 Å². The minimum atomic E-state index is -0.252. The van der Waals surface area contributed by atoms with Gasteiger partial charge in [-0.05, 0) is 49.9 Å². The molecule has 0 bridgehead atoms. The third kappa shape index (κ3) is 4.63. The van der Waals surface area contributed by atoms with Gasteiger partial charge in [0, 0.05) is 12.1 Å². The summed E-state index contributed by atoms with van der Waals surface area (Å²) in [6, 6.07) is 10.2. The monoisotopic (exact) mass is 390 g/mol. The first kappa shape index (κ1) is 18.4. The fourth-order valence-corrected chi connectivity index (χ4v) is 3.19. The van der Waals surface area contributed by atoms with Gasteiger partial charge in [-0.25, -0.2) is 0 Å². The second kappa shape index (κ2) is 8.35. The van der Waals surface area contributed by atoms with Crippen LogP contribution in [0.1, 0.15) is 41.7 Å². The number of nitrogens with one attached hydrogen (secondary N) is 1. The summed E-state index contributed by atoms with van der Waals surface area (Å²) in [7, 11) is 0. The number of nitriles is 1. The highest BCUT2D eigenvalue weighted by Gasteiger charge is 2.24. The number of hydrogen-bond acceptors (Lipinski definition) is 5. The lowest BCUT2D eigenvalue weighted by molar-refractivity contribution is 0.0888. The molecule has 3 rings (SSSR count). The standard InChI is InChI=1S/C18H16Cl2N4O2/c19-15-9-14(4-1-11(15)10-21)26-13-5-2-12(3-6-13)22-18(25)16-7-8-17(20)24-23-16/h1,4,7-9,12-13H,2-3,5-6H2,(H,22,25)/t12-,13-. The fraction of sp³-hybridized carbons (Fsp3) is 0.333. The van der Waals surface area contributed by atoms with E-state index >= 15 is 0 Å². The minimum Gasteiger partial charge on any atom is -0.490 e. The molecular formula is C18H16Cl2N4O2. The maximum absolute atomic E-state index is 12.2. The molecule has 0 radical (unpaired) electrons. The van der Waals surface area contributed by atoms with E-state index in [0.717, 1.165) is 25.7 Å². The Balaban J connectivity index is 1.49. The Morgan fingerprint density at radius 1 is 1.15 bits per heavy atom. The summed E-state index contributed by atoms with van der Waals surface area (Å²) >= 11 is 11.7. The van der Waals surface area contributed by atoms with E-state index in [1.54, 1.807) is 24.3 Å². The maximum atomic E-state index is 12.2. The van der Waals surface area contributed by atoms with Crippen LogP contribution in [0.4, 0.5) is 0 Å². The van der Waals surface area contributed by atoms with Crippen molar-refractivity contribution in [2.75, 3.05) is 0 Å². The third-order valence-corrected chi connectivity index (χ3v) is 4.75. The van der Waals surface area contributed by atoms with Gasteiger partial charge in [0.15, 0.2) is 10.8 Å². The zero-order chi connectivity index (χ0) is 18.5. The highest BCUT2D eigenvalue weighted by Crippen LogP contribution is 2.27. The quantitative estimate of drug-likeness (QED) is 0.857. The number of nitrogens with zero attached hydrogens (tertiary/aromatic N) is 3. The topological polar surface area (TPSA) is 87.9 Å². The first-order chi connectivity index (χ1) is 12.5. The van der Waals surface area contributed by atoms with Crippen molar-refractivity contribution >= 4 is 29.1 Å². The number of carbonyl (C=O) groups is 1. The normalized spacial score (nSPS) is 19.4. The van der Waals surface area contributed by atoms with Gasteiger partial charge in [-0.15, -0.1) is 10.2 Å². The number of halogens is 2. The predicted molar refractivity (Wildman–Crippen MR) is 97.3 cm³/mol. The predicted octanol–water partition coefficient (Wildman–Crippen LogP) is 3.78. The lowest BCUT2D eigenvalue weighted by Crippen LogP contribution is -2.40.